The van der Waals surface area contributed by atoms with Crippen LogP contribution in [0.5, 0.6) is 0 Å². The van der Waals surface area contributed by atoms with E-state index in [1.807, 2.05) is 13.8 Å². The molecule has 0 radical (unpaired) electrons. The molecule has 0 aromatic rings. The molecule has 0 amide bonds. The molecular formula is C28H37F17O9S2. The third kappa shape index (κ3) is 11.4. The molecule has 0 aliphatic carbocycles. The molecule has 0 spiro atoms. The van der Waals surface area contributed by atoms with E-state index in [4.69, 9.17) is 0 Å². The second kappa shape index (κ2) is 19.6. The van der Waals surface area contributed by atoms with Crippen molar-refractivity contribution in [1.82, 2.24) is 0 Å². The summed E-state index contributed by atoms with van der Waals surface area (Å²) in [5.74, 6) is -57.7. The average molecular weight is 905 g/mol. The van der Waals surface area contributed by atoms with E-state index in [0.29, 0.717) is 25.7 Å². The first-order chi connectivity index (χ1) is 25.0. The second-order valence-electron chi connectivity index (χ2n) is 12.1. The Hall–Kier alpha value is -2.39. The Bertz CT molecular complexity index is 1500. The molecule has 0 bridgehead atoms. The summed E-state index contributed by atoms with van der Waals surface area (Å²) in [5, 5.41) is -11.9. The van der Waals surface area contributed by atoms with Gasteiger partial charge in [-0.2, -0.15) is 91.5 Å². The Kier molecular flexibility index (Phi) is 18.7. The molecule has 0 rings (SSSR count). The first-order valence-electron chi connectivity index (χ1n) is 16.3. The zero-order valence-corrected chi connectivity index (χ0v) is 30.7. The Morgan fingerprint density at radius 2 is 0.821 bits per heavy atom. The minimum atomic E-state index is -9.18. The molecule has 1 unspecified atom stereocenters. The third-order valence-electron chi connectivity index (χ3n) is 7.66. The first kappa shape index (κ1) is 53.6. The van der Waals surface area contributed by atoms with Crippen LogP contribution in [-0.2, 0) is 42.9 Å². The minimum absolute atomic E-state index is 0.0825. The Morgan fingerprint density at radius 3 is 1.21 bits per heavy atom. The fourth-order valence-corrected chi connectivity index (χ4v) is 7.06. The average Bonchev–Trinajstić information content (AvgIpc) is 3.04. The van der Waals surface area contributed by atoms with E-state index >= 15 is 0 Å². The molecule has 0 fully saturated rings. The van der Waals surface area contributed by atoms with E-state index < -0.39 is 104 Å². The van der Waals surface area contributed by atoms with E-state index in [1.54, 1.807) is 0 Å². The highest BCUT2D eigenvalue weighted by Crippen LogP contribution is 2.64. The van der Waals surface area contributed by atoms with Crippen LogP contribution in [0.1, 0.15) is 97.3 Å². The van der Waals surface area contributed by atoms with E-state index in [2.05, 4.69) is 13.1 Å². The van der Waals surface area contributed by atoms with Crippen molar-refractivity contribution in [2.45, 2.75) is 150 Å². The fraction of sp³-hybridized carbons (Fsp3) is 0.929. The lowest BCUT2D eigenvalue weighted by atomic mass is 9.91. The number of hydrogen-bond acceptors (Lipinski definition) is 9. The number of halogens is 17. The maximum atomic E-state index is 14.6. The lowest BCUT2D eigenvalue weighted by Gasteiger charge is -2.42. The molecule has 0 saturated carbocycles. The molecule has 28 heteroatoms. The monoisotopic (exact) mass is 904 g/mol. The highest BCUT2D eigenvalue weighted by Gasteiger charge is 2.96. The standard InChI is InChI=1S/C28H37F17O9S2/c1-3-5-7-9-11-13-15-52-19(46)17-18(20(47)53-16-14-12-10-8-6-4-2)55(48,49)54-56(50,51)28(44,45)26(39,40)24(35,36)22(31,32)21(29,30)23(33,34)25(37,38)27(41,42)43/h18H,3-17H2,1-2H3. The van der Waals surface area contributed by atoms with Gasteiger partial charge in [-0.15, -0.1) is 3.63 Å². The Balaban J connectivity index is 6.71. The molecular weight excluding hydrogens is 867 g/mol. The quantitative estimate of drug-likeness (QED) is 0.0450. The van der Waals surface area contributed by atoms with E-state index in [9.17, 15) is 101 Å². The van der Waals surface area contributed by atoms with Crippen molar-refractivity contribution in [3.05, 3.63) is 0 Å². The van der Waals surface area contributed by atoms with Crippen molar-refractivity contribution in [3.63, 3.8) is 0 Å². The number of hydrogen-bond donors (Lipinski definition) is 0. The molecule has 1 atom stereocenters. The molecule has 0 N–H and O–H groups in total. The number of esters is 2. The van der Waals surface area contributed by atoms with Crippen LogP contribution in [-0.4, -0.2) is 94.2 Å². The number of alkyl halides is 17. The van der Waals surface area contributed by atoms with E-state index in [-0.39, 0.29) is 19.3 Å². The largest absolute Gasteiger partial charge is 0.466 e. The molecule has 0 aliphatic rings. The van der Waals surface area contributed by atoms with Gasteiger partial charge in [-0.25, -0.2) is 0 Å². The maximum absolute atomic E-state index is 14.6. The van der Waals surface area contributed by atoms with Crippen LogP contribution in [0.15, 0.2) is 0 Å². The predicted octanol–water partition coefficient (Wildman–Crippen LogP) is 9.20. The topological polar surface area (TPSA) is 130 Å². The highest BCUT2D eigenvalue weighted by atomic mass is 32.3. The fourth-order valence-electron chi connectivity index (χ4n) is 4.25. The summed E-state index contributed by atoms with van der Waals surface area (Å²) in [4.78, 5) is 24.9. The summed E-state index contributed by atoms with van der Waals surface area (Å²) < 4.78 is 293. The van der Waals surface area contributed by atoms with Crippen LogP contribution in [0.25, 0.3) is 0 Å². The molecule has 334 valence electrons. The summed E-state index contributed by atoms with van der Waals surface area (Å²) in [7, 11) is -15.6. The van der Waals surface area contributed by atoms with Gasteiger partial charge in [-0.3, -0.25) is 9.59 Å². The number of rotatable bonds is 27. The van der Waals surface area contributed by atoms with Gasteiger partial charge < -0.3 is 9.47 Å². The molecule has 9 nitrogen and oxygen atoms in total. The van der Waals surface area contributed by atoms with Crippen LogP contribution in [0.3, 0.4) is 0 Å². The van der Waals surface area contributed by atoms with Crippen LogP contribution < -0.4 is 0 Å². The summed E-state index contributed by atoms with van der Waals surface area (Å²) in [5.41, 5.74) is 0. The molecule has 0 aromatic carbocycles. The Labute approximate surface area is 309 Å². The lowest BCUT2D eigenvalue weighted by molar-refractivity contribution is -0.458. The number of carbonyl (C=O) groups excluding carboxylic acids is 2. The van der Waals surface area contributed by atoms with Crippen LogP contribution in [0, 0.1) is 0 Å². The molecule has 0 heterocycles. The summed E-state index contributed by atoms with van der Waals surface area (Å²) in [6, 6.07) is 0. The van der Waals surface area contributed by atoms with Crippen molar-refractivity contribution in [2.75, 3.05) is 13.2 Å². The van der Waals surface area contributed by atoms with Gasteiger partial charge in [0, 0.05) is 0 Å². The zero-order chi connectivity index (χ0) is 44.5. The van der Waals surface area contributed by atoms with Gasteiger partial charge in [-0.05, 0) is 12.8 Å². The van der Waals surface area contributed by atoms with E-state index in [1.165, 1.54) is 0 Å². The second-order valence-corrected chi connectivity index (χ2v) is 15.6. The summed E-state index contributed by atoms with van der Waals surface area (Å²) in [6.07, 6.45) is -3.66. The summed E-state index contributed by atoms with van der Waals surface area (Å²) in [6.45, 7) is 2.42. The lowest BCUT2D eigenvalue weighted by Crippen LogP contribution is -2.75. The number of carbonyl (C=O) groups is 2. The van der Waals surface area contributed by atoms with Gasteiger partial charge >= 0.3 is 69.0 Å². The van der Waals surface area contributed by atoms with Crippen LogP contribution in [0.2, 0.25) is 0 Å². The zero-order valence-electron chi connectivity index (χ0n) is 29.1. The normalized spacial score (nSPS) is 15.1. The maximum Gasteiger partial charge on any atom is 0.460 e. The van der Waals surface area contributed by atoms with Gasteiger partial charge in [0.25, 0.3) is 10.1 Å². The van der Waals surface area contributed by atoms with Gasteiger partial charge in [0.15, 0.2) is 5.25 Å². The Morgan fingerprint density at radius 1 is 0.482 bits per heavy atom. The minimum Gasteiger partial charge on any atom is -0.466 e. The molecule has 0 aliphatic heterocycles. The summed E-state index contributed by atoms with van der Waals surface area (Å²) >= 11 is 0. The predicted molar refractivity (Wildman–Crippen MR) is 157 cm³/mol. The van der Waals surface area contributed by atoms with Crippen molar-refractivity contribution < 1.29 is 114 Å². The third-order valence-corrected chi connectivity index (χ3v) is 11.1. The number of unbranched alkanes of at least 4 members (excludes halogenated alkanes) is 10. The molecule has 0 saturated heterocycles. The van der Waals surface area contributed by atoms with Crippen LogP contribution >= 0.6 is 0 Å². The van der Waals surface area contributed by atoms with Gasteiger partial charge in [0.05, 0.1) is 19.6 Å². The van der Waals surface area contributed by atoms with Gasteiger partial charge in [0.2, 0.25) is 0 Å². The molecule has 0 aromatic heterocycles. The smallest absolute Gasteiger partial charge is 0.460 e. The van der Waals surface area contributed by atoms with Crippen molar-refractivity contribution in [1.29, 1.82) is 0 Å². The van der Waals surface area contributed by atoms with Crippen molar-refractivity contribution >= 4 is 32.2 Å². The highest BCUT2D eigenvalue weighted by molar-refractivity contribution is 8.01. The number of ether oxygens (including phenoxy) is 2. The van der Waals surface area contributed by atoms with Crippen molar-refractivity contribution in [2.24, 2.45) is 0 Å². The van der Waals surface area contributed by atoms with Crippen LogP contribution in [0.4, 0.5) is 74.6 Å². The van der Waals surface area contributed by atoms with Crippen molar-refractivity contribution in [3.8, 4) is 0 Å². The first-order valence-corrected chi connectivity index (χ1v) is 19.1. The SMILES string of the molecule is CCCCCCCCOC(=O)CC(C(=O)OCCCCCCCC)S(=O)(=O)OS(=O)(=O)C(F)(F)C(F)(F)C(F)(F)C(F)(F)C(F)(F)C(F)(F)C(F)(F)C(F)(F)F. The van der Waals surface area contributed by atoms with E-state index in [0.717, 1.165) is 32.1 Å². The van der Waals surface area contributed by atoms with Gasteiger partial charge in [-0.1, -0.05) is 78.1 Å². The van der Waals surface area contributed by atoms with Gasteiger partial charge in [0.1, 0.15) is 0 Å². The molecule has 56 heavy (non-hydrogen) atoms.